The minimum atomic E-state index is -3.72. The van der Waals surface area contributed by atoms with Crippen molar-refractivity contribution in [3.63, 3.8) is 0 Å². The van der Waals surface area contributed by atoms with E-state index >= 15 is 0 Å². The van der Waals surface area contributed by atoms with Crippen LogP contribution in [0, 0.1) is 11.7 Å². The van der Waals surface area contributed by atoms with Crippen molar-refractivity contribution in [1.29, 1.82) is 0 Å². The number of fused-ring (bicyclic) bond motifs is 1. The lowest BCUT2D eigenvalue weighted by atomic mass is 10.1. The molecule has 0 spiro atoms. The molecular weight excluding hydrogens is 355 g/mol. The molecule has 0 aliphatic carbocycles. The highest BCUT2D eigenvalue weighted by Gasteiger charge is 2.17. The van der Waals surface area contributed by atoms with Gasteiger partial charge >= 0.3 is 0 Å². The van der Waals surface area contributed by atoms with E-state index < -0.39 is 10.0 Å². The van der Waals surface area contributed by atoms with Crippen molar-refractivity contribution in [3.8, 4) is 11.1 Å². The molecule has 0 radical (unpaired) electrons. The molecule has 2 aromatic carbocycles. The van der Waals surface area contributed by atoms with Crippen molar-refractivity contribution in [1.82, 2.24) is 4.98 Å². The molecule has 1 fully saturated rings. The average molecular weight is 372 g/mol. The fourth-order valence-corrected chi connectivity index (χ4v) is 3.98. The van der Waals surface area contributed by atoms with E-state index in [2.05, 4.69) is 9.38 Å². The SMILES string of the molecule is O=S(=O)(N=CC1CCOC1)c1ccc(-c2c[nH]c3cc(F)ccc23)cc1. The minimum absolute atomic E-state index is 0.0515. The molecule has 2 heterocycles. The number of nitrogens with zero attached hydrogens (tertiary/aromatic N) is 1. The van der Waals surface area contributed by atoms with Crippen LogP contribution in [0.5, 0.6) is 0 Å². The van der Waals surface area contributed by atoms with Crippen LogP contribution in [-0.2, 0) is 14.8 Å². The van der Waals surface area contributed by atoms with Crippen LogP contribution in [0.3, 0.4) is 0 Å². The van der Waals surface area contributed by atoms with E-state index in [9.17, 15) is 12.8 Å². The Kier molecular flexibility index (Phi) is 4.34. The number of aromatic nitrogens is 1. The molecule has 7 heteroatoms. The van der Waals surface area contributed by atoms with Gasteiger partial charge in [0.2, 0.25) is 0 Å². The van der Waals surface area contributed by atoms with Gasteiger partial charge in [0.1, 0.15) is 5.82 Å². The van der Waals surface area contributed by atoms with Crippen LogP contribution in [0.2, 0.25) is 0 Å². The van der Waals surface area contributed by atoms with Gasteiger partial charge in [0, 0.05) is 41.4 Å². The first kappa shape index (κ1) is 16.9. The van der Waals surface area contributed by atoms with E-state index in [0.717, 1.165) is 22.9 Å². The Labute approximate surface area is 150 Å². The molecular formula is C19H17FN2O3S. The molecule has 1 aliphatic rings. The fourth-order valence-electron chi connectivity index (χ4n) is 3.04. The number of hydrogen-bond acceptors (Lipinski definition) is 3. The van der Waals surface area contributed by atoms with Gasteiger partial charge in [0.05, 0.1) is 11.5 Å². The molecule has 0 saturated carbocycles. The number of benzene rings is 2. The Bertz CT molecular complexity index is 1070. The first-order valence-electron chi connectivity index (χ1n) is 8.28. The zero-order valence-electron chi connectivity index (χ0n) is 13.9. The molecule has 1 unspecified atom stereocenters. The first-order valence-corrected chi connectivity index (χ1v) is 9.72. The third kappa shape index (κ3) is 3.27. The van der Waals surface area contributed by atoms with Crippen molar-refractivity contribution in [2.45, 2.75) is 11.3 Å². The van der Waals surface area contributed by atoms with E-state index in [1.165, 1.54) is 30.5 Å². The Morgan fingerprint density at radius 1 is 1.19 bits per heavy atom. The van der Waals surface area contributed by atoms with Crippen molar-refractivity contribution >= 4 is 27.1 Å². The van der Waals surface area contributed by atoms with Gasteiger partial charge in [-0.05, 0) is 42.3 Å². The maximum atomic E-state index is 13.3. The van der Waals surface area contributed by atoms with Crippen molar-refractivity contribution in [3.05, 3.63) is 54.5 Å². The highest BCUT2D eigenvalue weighted by molar-refractivity contribution is 7.90. The summed E-state index contributed by atoms with van der Waals surface area (Å²) in [6, 6.07) is 11.1. The number of H-pyrrole nitrogens is 1. The molecule has 1 aromatic heterocycles. The third-order valence-electron chi connectivity index (χ3n) is 4.48. The molecule has 0 amide bonds. The van der Waals surface area contributed by atoms with E-state index in [1.807, 2.05) is 0 Å². The first-order chi connectivity index (χ1) is 12.5. The second-order valence-electron chi connectivity index (χ2n) is 6.27. The predicted molar refractivity (Wildman–Crippen MR) is 98.3 cm³/mol. The van der Waals surface area contributed by atoms with Crippen LogP contribution in [0.15, 0.2) is 58.0 Å². The molecule has 1 aliphatic heterocycles. The monoisotopic (exact) mass is 372 g/mol. The lowest BCUT2D eigenvalue weighted by Gasteiger charge is -2.03. The maximum Gasteiger partial charge on any atom is 0.281 e. The third-order valence-corrected chi connectivity index (χ3v) is 5.75. The minimum Gasteiger partial charge on any atom is -0.381 e. The second kappa shape index (κ2) is 6.66. The van der Waals surface area contributed by atoms with Crippen LogP contribution in [0.4, 0.5) is 4.39 Å². The highest BCUT2D eigenvalue weighted by atomic mass is 32.2. The van der Waals surface area contributed by atoms with Crippen LogP contribution in [-0.4, -0.2) is 32.8 Å². The number of aromatic amines is 1. The predicted octanol–water partition coefficient (Wildman–Crippen LogP) is 3.77. The average Bonchev–Trinajstić information content (AvgIpc) is 3.29. The van der Waals surface area contributed by atoms with E-state index in [4.69, 9.17) is 4.74 Å². The summed E-state index contributed by atoms with van der Waals surface area (Å²) in [4.78, 5) is 3.17. The normalized spacial score (nSPS) is 18.1. The Morgan fingerprint density at radius 2 is 2.00 bits per heavy atom. The summed E-state index contributed by atoms with van der Waals surface area (Å²) in [7, 11) is -3.72. The second-order valence-corrected chi connectivity index (χ2v) is 7.90. The number of ether oxygens (including phenoxy) is 1. The lowest BCUT2D eigenvalue weighted by Crippen LogP contribution is -2.04. The van der Waals surface area contributed by atoms with Gasteiger partial charge in [-0.25, -0.2) is 4.39 Å². The molecule has 1 saturated heterocycles. The van der Waals surface area contributed by atoms with Gasteiger partial charge in [0.15, 0.2) is 0 Å². The summed E-state index contributed by atoms with van der Waals surface area (Å²) in [6.45, 7) is 1.15. The summed E-state index contributed by atoms with van der Waals surface area (Å²) < 4.78 is 47.0. The number of halogens is 1. The Balaban J connectivity index is 1.61. The topological polar surface area (TPSA) is 71.5 Å². The van der Waals surface area contributed by atoms with Gasteiger partial charge in [0.25, 0.3) is 10.0 Å². The van der Waals surface area contributed by atoms with Gasteiger partial charge in [-0.3, -0.25) is 0 Å². The Morgan fingerprint density at radius 3 is 2.73 bits per heavy atom. The van der Waals surface area contributed by atoms with Gasteiger partial charge in [-0.2, -0.15) is 12.8 Å². The molecule has 1 N–H and O–H groups in total. The van der Waals surface area contributed by atoms with Crippen molar-refractivity contribution in [2.75, 3.05) is 13.2 Å². The molecule has 1 atom stereocenters. The quantitative estimate of drug-likeness (QED) is 0.709. The number of nitrogens with one attached hydrogen (secondary N) is 1. The molecule has 26 heavy (non-hydrogen) atoms. The number of hydrogen-bond donors (Lipinski definition) is 1. The standard InChI is InChI=1S/C19H17FN2O3S/c20-15-3-6-17-18(11-21-19(17)9-15)14-1-4-16(5-2-14)26(23,24)22-10-13-7-8-25-12-13/h1-6,9-11,13,21H,7-8,12H2. The zero-order chi connectivity index (χ0) is 18.1. The molecule has 0 bridgehead atoms. The van der Waals surface area contributed by atoms with Crippen LogP contribution < -0.4 is 0 Å². The lowest BCUT2D eigenvalue weighted by molar-refractivity contribution is 0.193. The Hall–Kier alpha value is -2.51. The summed E-state index contributed by atoms with van der Waals surface area (Å²) in [5.74, 6) is -0.256. The number of sulfonamides is 1. The molecule has 4 rings (SSSR count). The smallest absolute Gasteiger partial charge is 0.281 e. The molecule has 3 aromatic rings. The van der Waals surface area contributed by atoms with Crippen LogP contribution in [0.25, 0.3) is 22.0 Å². The van der Waals surface area contributed by atoms with E-state index in [0.29, 0.717) is 18.7 Å². The molecule has 134 valence electrons. The van der Waals surface area contributed by atoms with Gasteiger partial charge < -0.3 is 9.72 Å². The summed E-state index contributed by atoms with van der Waals surface area (Å²) in [5, 5.41) is 0.876. The molecule has 5 nitrogen and oxygen atoms in total. The summed E-state index contributed by atoms with van der Waals surface area (Å²) in [6.07, 6.45) is 4.04. The largest absolute Gasteiger partial charge is 0.381 e. The van der Waals surface area contributed by atoms with Gasteiger partial charge in [-0.15, -0.1) is 0 Å². The number of rotatable bonds is 4. The fraction of sp³-hybridized carbons (Fsp3) is 0.211. The van der Waals surface area contributed by atoms with Gasteiger partial charge in [-0.1, -0.05) is 12.1 Å². The van der Waals surface area contributed by atoms with Crippen LogP contribution >= 0.6 is 0 Å². The zero-order valence-corrected chi connectivity index (χ0v) is 14.7. The highest BCUT2D eigenvalue weighted by Crippen LogP contribution is 2.30. The van der Waals surface area contributed by atoms with E-state index in [1.54, 1.807) is 24.4 Å². The van der Waals surface area contributed by atoms with Crippen LogP contribution in [0.1, 0.15) is 6.42 Å². The maximum absolute atomic E-state index is 13.3. The van der Waals surface area contributed by atoms with Crippen molar-refractivity contribution < 1.29 is 17.5 Å². The summed E-state index contributed by atoms with van der Waals surface area (Å²) >= 11 is 0. The van der Waals surface area contributed by atoms with E-state index in [-0.39, 0.29) is 16.6 Å². The summed E-state index contributed by atoms with van der Waals surface area (Å²) in [5.41, 5.74) is 2.42. The van der Waals surface area contributed by atoms with Crippen molar-refractivity contribution in [2.24, 2.45) is 10.3 Å².